The van der Waals surface area contributed by atoms with Gasteiger partial charge in [-0.1, -0.05) is 23.9 Å². The second-order valence-electron chi connectivity index (χ2n) is 3.49. The van der Waals surface area contributed by atoms with Crippen molar-refractivity contribution in [2.24, 2.45) is 0 Å². The molecule has 1 aliphatic heterocycles. The van der Waals surface area contributed by atoms with Crippen LogP contribution >= 0.6 is 11.8 Å². The first-order valence-electron chi connectivity index (χ1n) is 4.74. The molecular weight excluding hydrogens is 218 g/mol. The molecule has 1 aliphatic rings. The zero-order chi connectivity index (χ0) is 11.7. The van der Waals surface area contributed by atoms with Crippen LogP contribution in [0.15, 0.2) is 33.7 Å². The molecule has 4 heteroatoms. The summed E-state index contributed by atoms with van der Waals surface area (Å²) >= 11 is 1.49. The van der Waals surface area contributed by atoms with E-state index in [2.05, 4.69) is 0 Å². The van der Waals surface area contributed by atoms with Gasteiger partial charge in [-0.15, -0.1) is 0 Å². The van der Waals surface area contributed by atoms with E-state index in [0.29, 0.717) is 5.03 Å². The largest absolute Gasteiger partial charge is 0.336 e. The highest BCUT2D eigenvalue weighted by molar-refractivity contribution is 8.03. The molecule has 0 fully saturated rings. The van der Waals surface area contributed by atoms with Crippen LogP contribution in [0.25, 0.3) is 0 Å². The molecule has 0 saturated carbocycles. The Morgan fingerprint density at radius 3 is 2.56 bits per heavy atom. The van der Waals surface area contributed by atoms with E-state index in [0.717, 1.165) is 10.6 Å². The standard InChI is InChI=1S/C12H9N3S/c1-8-4-3-5-10-11(8)16-12(15(10)2)9(6-13)7-14/h3-5H,1-2H3. The molecule has 0 atom stereocenters. The monoisotopic (exact) mass is 227 g/mol. The van der Waals surface area contributed by atoms with Crippen molar-refractivity contribution in [3.05, 3.63) is 34.4 Å². The number of nitrogens with zero attached hydrogens (tertiary/aromatic N) is 3. The number of aryl methyl sites for hydroxylation is 1. The molecule has 1 heterocycles. The van der Waals surface area contributed by atoms with Gasteiger partial charge in [-0.05, 0) is 18.6 Å². The maximum Gasteiger partial charge on any atom is 0.160 e. The molecule has 2 rings (SSSR count). The van der Waals surface area contributed by atoms with Gasteiger partial charge in [0.25, 0.3) is 0 Å². The van der Waals surface area contributed by atoms with Gasteiger partial charge in [0.1, 0.15) is 17.2 Å². The van der Waals surface area contributed by atoms with E-state index in [9.17, 15) is 0 Å². The van der Waals surface area contributed by atoms with Gasteiger partial charge < -0.3 is 4.90 Å². The lowest BCUT2D eigenvalue weighted by atomic mass is 10.2. The molecular formula is C12H9N3S. The minimum Gasteiger partial charge on any atom is -0.336 e. The first-order valence-corrected chi connectivity index (χ1v) is 5.56. The first-order chi connectivity index (χ1) is 7.69. The SMILES string of the molecule is Cc1cccc2c1SC(=C(C#N)C#N)N2C. The Balaban J connectivity index is 2.59. The zero-order valence-electron chi connectivity index (χ0n) is 8.98. The molecule has 0 aromatic heterocycles. The van der Waals surface area contributed by atoms with Gasteiger partial charge in [0.15, 0.2) is 5.57 Å². The Morgan fingerprint density at radius 2 is 2.00 bits per heavy atom. The zero-order valence-corrected chi connectivity index (χ0v) is 9.80. The highest BCUT2D eigenvalue weighted by Crippen LogP contribution is 2.47. The van der Waals surface area contributed by atoms with E-state index in [-0.39, 0.29) is 5.57 Å². The smallest absolute Gasteiger partial charge is 0.160 e. The van der Waals surface area contributed by atoms with Gasteiger partial charge in [0.05, 0.1) is 5.69 Å². The van der Waals surface area contributed by atoms with Gasteiger partial charge in [-0.25, -0.2) is 0 Å². The second-order valence-corrected chi connectivity index (χ2v) is 4.49. The predicted octanol–water partition coefficient (Wildman–Crippen LogP) is 2.80. The van der Waals surface area contributed by atoms with Crippen LogP contribution in [0.1, 0.15) is 5.56 Å². The minimum atomic E-state index is 0.170. The van der Waals surface area contributed by atoms with Gasteiger partial charge in [0.2, 0.25) is 0 Å². The van der Waals surface area contributed by atoms with Crippen LogP contribution in [0.3, 0.4) is 0 Å². The summed E-state index contributed by atoms with van der Waals surface area (Å²) in [4.78, 5) is 3.03. The highest BCUT2D eigenvalue weighted by Gasteiger charge is 2.26. The number of hydrogen-bond donors (Lipinski definition) is 0. The van der Waals surface area contributed by atoms with Crippen molar-refractivity contribution in [2.45, 2.75) is 11.8 Å². The van der Waals surface area contributed by atoms with Crippen LogP contribution in [0.4, 0.5) is 5.69 Å². The van der Waals surface area contributed by atoms with Crippen LogP contribution < -0.4 is 4.90 Å². The van der Waals surface area contributed by atoms with Crippen molar-refractivity contribution in [1.29, 1.82) is 10.5 Å². The molecule has 0 aliphatic carbocycles. The maximum absolute atomic E-state index is 8.88. The summed E-state index contributed by atoms with van der Waals surface area (Å²) in [7, 11) is 1.88. The second kappa shape index (κ2) is 3.92. The topological polar surface area (TPSA) is 50.8 Å². The van der Waals surface area contributed by atoms with E-state index in [1.807, 2.05) is 49.2 Å². The molecule has 78 valence electrons. The molecule has 0 amide bonds. The molecule has 1 aromatic carbocycles. The van der Waals surface area contributed by atoms with Crippen LogP contribution in [-0.4, -0.2) is 7.05 Å². The van der Waals surface area contributed by atoms with Crippen LogP contribution in [0.5, 0.6) is 0 Å². The lowest BCUT2D eigenvalue weighted by molar-refractivity contribution is 1.15. The third-order valence-corrected chi connectivity index (χ3v) is 3.90. The number of allylic oxidation sites excluding steroid dienone is 1. The number of hydrogen-bond acceptors (Lipinski definition) is 4. The summed E-state index contributed by atoms with van der Waals surface area (Å²) in [5, 5.41) is 18.5. The average molecular weight is 227 g/mol. The van der Waals surface area contributed by atoms with E-state index in [1.54, 1.807) is 0 Å². The molecule has 1 aromatic rings. The highest BCUT2D eigenvalue weighted by atomic mass is 32.2. The molecule has 0 saturated heterocycles. The normalized spacial score (nSPS) is 13.0. The fraction of sp³-hybridized carbons (Fsp3) is 0.167. The number of thioether (sulfide) groups is 1. The number of fused-ring (bicyclic) bond motifs is 1. The van der Waals surface area contributed by atoms with Crippen LogP contribution in [-0.2, 0) is 0 Å². The van der Waals surface area contributed by atoms with E-state index in [1.165, 1.54) is 17.3 Å². The van der Waals surface area contributed by atoms with Crippen molar-refractivity contribution >= 4 is 17.4 Å². The van der Waals surface area contributed by atoms with E-state index in [4.69, 9.17) is 10.5 Å². The van der Waals surface area contributed by atoms with Gasteiger partial charge in [0, 0.05) is 11.9 Å². The predicted molar refractivity (Wildman–Crippen MR) is 63.7 cm³/mol. The van der Waals surface area contributed by atoms with Gasteiger partial charge in [-0.2, -0.15) is 10.5 Å². The Kier molecular flexibility index (Phi) is 2.60. The average Bonchev–Trinajstić information content (AvgIpc) is 2.61. The quantitative estimate of drug-likeness (QED) is 0.639. The summed E-state index contributed by atoms with van der Waals surface area (Å²) in [6.07, 6.45) is 0. The minimum absolute atomic E-state index is 0.170. The van der Waals surface area contributed by atoms with Crippen molar-refractivity contribution in [2.75, 3.05) is 11.9 Å². The Labute approximate surface area is 98.6 Å². The molecule has 3 nitrogen and oxygen atoms in total. The molecule has 0 spiro atoms. The van der Waals surface area contributed by atoms with Crippen molar-refractivity contribution in [3.63, 3.8) is 0 Å². The number of nitriles is 2. The van der Waals surface area contributed by atoms with E-state index < -0.39 is 0 Å². The third-order valence-electron chi connectivity index (χ3n) is 2.49. The maximum atomic E-state index is 8.88. The summed E-state index contributed by atoms with van der Waals surface area (Å²) in [6.45, 7) is 2.03. The Bertz CT molecular complexity index is 545. The lowest BCUT2D eigenvalue weighted by Crippen LogP contribution is -2.11. The van der Waals surface area contributed by atoms with Crippen molar-refractivity contribution in [3.8, 4) is 12.1 Å². The van der Waals surface area contributed by atoms with Crippen LogP contribution in [0, 0.1) is 29.6 Å². The number of anilines is 1. The fourth-order valence-corrected chi connectivity index (χ4v) is 2.81. The fourth-order valence-electron chi connectivity index (χ4n) is 1.65. The molecule has 0 N–H and O–H groups in total. The van der Waals surface area contributed by atoms with Gasteiger partial charge >= 0.3 is 0 Å². The number of rotatable bonds is 0. The van der Waals surface area contributed by atoms with Crippen molar-refractivity contribution in [1.82, 2.24) is 0 Å². The Morgan fingerprint density at radius 1 is 1.31 bits per heavy atom. The van der Waals surface area contributed by atoms with Crippen LogP contribution in [0.2, 0.25) is 0 Å². The summed E-state index contributed by atoms with van der Waals surface area (Å²) in [5.41, 5.74) is 2.39. The van der Waals surface area contributed by atoms with Crippen molar-refractivity contribution < 1.29 is 0 Å². The molecule has 0 unspecified atom stereocenters. The molecule has 16 heavy (non-hydrogen) atoms. The summed E-state index contributed by atoms with van der Waals surface area (Å²) in [6, 6.07) is 9.87. The molecule has 0 radical (unpaired) electrons. The Hall–Kier alpha value is -1.91. The summed E-state index contributed by atoms with van der Waals surface area (Å²) in [5.74, 6) is 0. The van der Waals surface area contributed by atoms with E-state index >= 15 is 0 Å². The van der Waals surface area contributed by atoms with Gasteiger partial charge in [-0.3, -0.25) is 0 Å². The number of benzene rings is 1. The summed E-state index contributed by atoms with van der Waals surface area (Å²) < 4.78 is 0. The first kappa shape index (κ1) is 10.6. The molecule has 0 bridgehead atoms. The third kappa shape index (κ3) is 1.44. The lowest BCUT2D eigenvalue weighted by Gasteiger charge is -2.12.